The summed E-state index contributed by atoms with van der Waals surface area (Å²) in [5, 5.41) is 15.8. The second kappa shape index (κ2) is 10.3. The van der Waals surface area contributed by atoms with Gasteiger partial charge in [0, 0.05) is 23.6 Å². The summed E-state index contributed by atoms with van der Waals surface area (Å²) in [5.41, 5.74) is 4.15. The first-order valence-corrected chi connectivity index (χ1v) is 12.3. The van der Waals surface area contributed by atoms with Gasteiger partial charge in [0.25, 0.3) is 0 Å². The molecule has 0 bridgehead atoms. The van der Waals surface area contributed by atoms with Gasteiger partial charge in [-0.1, -0.05) is 49.2 Å². The molecule has 0 saturated heterocycles. The number of benzene rings is 2. The molecule has 5 aromatic rings. The van der Waals surface area contributed by atoms with Crippen molar-refractivity contribution in [3.63, 3.8) is 0 Å². The van der Waals surface area contributed by atoms with E-state index in [4.69, 9.17) is 16.3 Å². The van der Waals surface area contributed by atoms with Crippen LogP contribution < -0.4 is 0 Å². The lowest BCUT2D eigenvalue weighted by Crippen LogP contribution is -2.15. The molecular weight excluding hydrogens is 478 g/mol. The number of aromatic amines is 1. The minimum atomic E-state index is -0.462. The van der Waals surface area contributed by atoms with Gasteiger partial charge < -0.3 is 13.9 Å². The Kier molecular flexibility index (Phi) is 6.81. The number of nitrogens with one attached hydrogen (secondary N) is 1. The van der Waals surface area contributed by atoms with Gasteiger partial charge in [0.15, 0.2) is 10.8 Å². The summed E-state index contributed by atoms with van der Waals surface area (Å²) in [6.45, 7) is 4.61. The van der Waals surface area contributed by atoms with E-state index in [1.54, 1.807) is 6.92 Å². The lowest BCUT2D eigenvalue weighted by molar-refractivity contribution is 0.0514. The van der Waals surface area contributed by atoms with E-state index in [1.807, 2.05) is 41.1 Å². The maximum atomic E-state index is 12.8. The highest BCUT2D eigenvalue weighted by atomic mass is 35.5. The van der Waals surface area contributed by atoms with Gasteiger partial charge in [-0.15, -0.1) is 10.2 Å². The van der Waals surface area contributed by atoms with Crippen LogP contribution in [0, 0.1) is 0 Å². The Bertz CT molecular complexity index is 1500. The predicted molar refractivity (Wildman–Crippen MR) is 137 cm³/mol. The highest BCUT2D eigenvalue weighted by Crippen LogP contribution is 2.30. The third-order valence-corrected chi connectivity index (χ3v) is 6.39. The number of para-hydroxylation sites is 1. The molecule has 1 N–H and O–H groups in total. The van der Waals surface area contributed by atoms with Crippen LogP contribution in [0.4, 0.5) is 0 Å². The number of carbonyl (C=O) groups excluding carboxylic acids is 1. The van der Waals surface area contributed by atoms with Gasteiger partial charge in [-0.25, -0.2) is 9.78 Å². The summed E-state index contributed by atoms with van der Waals surface area (Å²) in [7, 11) is 0. The van der Waals surface area contributed by atoms with Crippen LogP contribution >= 0.6 is 11.6 Å². The topological polar surface area (TPSA) is 104 Å². The van der Waals surface area contributed by atoms with Crippen LogP contribution in [0.5, 0.6) is 0 Å². The zero-order valence-electron chi connectivity index (χ0n) is 20.1. The minimum Gasteiger partial charge on any atom is -0.461 e. The Morgan fingerprint density at radius 3 is 2.75 bits per heavy atom. The van der Waals surface area contributed by atoms with E-state index in [2.05, 4.69) is 55.3 Å². The SMILES string of the molecule is CCCCc1nc(Cl)c(C(=O)OCC)n1Cc1cccc2c1ccn2-c1ccccc1-c1nn[nH]n1. The van der Waals surface area contributed by atoms with Gasteiger partial charge in [0.05, 0.1) is 24.4 Å². The number of tetrazole rings is 1. The van der Waals surface area contributed by atoms with E-state index in [1.165, 1.54) is 0 Å². The van der Waals surface area contributed by atoms with Crippen molar-refractivity contribution >= 4 is 28.5 Å². The smallest absolute Gasteiger partial charge is 0.358 e. The number of hydrogen-bond donors (Lipinski definition) is 1. The number of rotatable bonds is 9. The average Bonchev–Trinajstić information content (AvgIpc) is 3.63. The van der Waals surface area contributed by atoms with Crippen LogP contribution in [0.1, 0.15) is 48.6 Å². The molecule has 2 aromatic carbocycles. The number of halogens is 1. The Morgan fingerprint density at radius 2 is 1.97 bits per heavy atom. The van der Waals surface area contributed by atoms with Gasteiger partial charge in [0.1, 0.15) is 5.82 Å². The largest absolute Gasteiger partial charge is 0.461 e. The fourth-order valence-electron chi connectivity index (χ4n) is 4.46. The number of aromatic nitrogens is 7. The molecule has 0 aliphatic carbocycles. The van der Waals surface area contributed by atoms with Gasteiger partial charge in [-0.3, -0.25) is 0 Å². The molecule has 0 atom stereocenters. The van der Waals surface area contributed by atoms with Gasteiger partial charge in [-0.05, 0) is 48.4 Å². The maximum absolute atomic E-state index is 12.8. The second-order valence-electron chi connectivity index (χ2n) is 8.37. The minimum absolute atomic E-state index is 0.179. The molecule has 0 aliphatic heterocycles. The molecule has 184 valence electrons. The lowest BCUT2D eigenvalue weighted by Gasteiger charge is -2.14. The fourth-order valence-corrected chi connectivity index (χ4v) is 4.73. The first-order chi connectivity index (χ1) is 17.6. The first-order valence-electron chi connectivity index (χ1n) is 12.0. The molecule has 3 heterocycles. The number of aryl methyl sites for hydroxylation is 1. The van der Waals surface area contributed by atoms with E-state index in [-0.39, 0.29) is 11.8 Å². The molecule has 0 spiro atoms. The summed E-state index contributed by atoms with van der Waals surface area (Å²) in [4.78, 5) is 17.3. The number of hydrogen-bond acceptors (Lipinski definition) is 6. The van der Waals surface area contributed by atoms with E-state index >= 15 is 0 Å². The lowest BCUT2D eigenvalue weighted by atomic mass is 10.1. The highest BCUT2D eigenvalue weighted by Gasteiger charge is 2.24. The number of nitrogens with zero attached hydrogens (tertiary/aromatic N) is 6. The number of imidazole rings is 1. The van der Waals surface area contributed by atoms with Crippen molar-refractivity contribution in [3.8, 4) is 17.1 Å². The Hall–Kier alpha value is -3.98. The standard InChI is InChI=1S/C26H26ClN7O2/c1-3-5-13-22-28-24(27)23(26(35)36-4-2)34(22)16-17-9-8-12-20-18(17)14-15-33(20)21-11-7-6-10-19(21)25-29-31-32-30-25/h6-12,14-15H,3-5,13,16H2,1-2H3,(H,29,30,31,32). The zero-order chi connectivity index (χ0) is 25.1. The van der Waals surface area contributed by atoms with E-state index < -0.39 is 5.97 Å². The normalized spacial score (nSPS) is 11.3. The molecule has 0 unspecified atom stereocenters. The fraction of sp³-hybridized carbons (Fsp3) is 0.269. The molecule has 0 amide bonds. The summed E-state index contributed by atoms with van der Waals surface area (Å²) in [6, 6.07) is 16.1. The van der Waals surface area contributed by atoms with Crippen molar-refractivity contribution < 1.29 is 9.53 Å². The number of H-pyrrole nitrogens is 1. The van der Waals surface area contributed by atoms with Crippen molar-refractivity contribution in [2.24, 2.45) is 0 Å². The van der Waals surface area contributed by atoms with Crippen molar-refractivity contribution in [1.82, 2.24) is 34.7 Å². The molecule has 9 nitrogen and oxygen atoms in total. The average molecular weight is 504 g/mol. The second-order valence-corrected chi connectivity index (χ2v) is 8.72. The molecule has 0 saturated carbocycles. The summed E-state index contributed by atoms with van der Waals surface area (Å²) in [5.74, 6) is 0.844. The molecule has 5 rings (SSSR count). The maximum Gasteiger partial charge on any atom is 0.358 e. The van der Waals surface area contributed by atoms with Gasteiger partial charge >= 0.3 is 5.97 Å². The summed E-state index contributed by atoms with van der Waals surface area (Å²) < 4.78 is 9.30. The molecule has 36 heavy (non-hydrogen) atoms. The Labute approximate surface area is 213 Å². The van der Waals surface area contributed by atoms with E-state index in [9.17, 15) is 4.79 Å². The predicted octanol–water partition coefficient (Wildman–Crippen LogP) is 5.23. The quantitative estimate of drug-likeness (QED) is 0.276. The van der Waals surface area contributed by atoms with Crippen molar-refractivity contribution in [1.29, 1.82) is 0 Å². The van der Waals surface area contributed by atoms with Crippen LogP contribution in [0.25, 0.3) is 28.0 Å². The van der Waals surface area contributed by atoms with Crippen molar-refractivity contribution in [3.05, 3.63) is 77.0 Å². The Morgan fingerprint density at radius 1 is 1.11 bits per heavy atom. The Balaban J connectivity index is 1.59. The summed E-state index contributed by atoms with van der Waals surface area (Å²) >= 11 is 6.44. The van der Waals surface area contributed by atoms with Crippen LogP contribution in [0.3, 0.4) is 0 Å². The van der Waals surface area contributed by atoms with Crippen molar-refractivity contribution in [2.75, 3.05) is 6.61 Å². The molecule has 10 heteroatoms. The third-order valence-electron chi connectivity index (χ3n) is 6.13. The molecule has 0 aliphatic rings. The number of carbonyl (C=O) groups is 1. The monoisotopic (exact) mass is 503 g/mol. The van der Waals surface area contributed by atoms with E-state index in [0.717, 1.165) is 52.8 Å². The molecule has 0 radical (unpaired) electrons. The number of unbranched alkanes of at least 4 members (excludes halogenated alkanes) is 1. The molecular formula is C26H26ClN7O2. The number of fused-ring (bicyclic) bond motifs is 1. The third kappa shape index (κ3) is 4.37. The van der Waals surface area contributed by atoms with E-state index in [0.29, 0.717) is 18.1 Å². The zero-order valence-corrected chi connectivity index (χ0v) is 20.9. The van der Waals surface area contributed by atoms with Crippen LogP contribution in [-0.2, 0) is 17.7 Å². The van der Waals surface area contributed by atoms with Crippen LogP contribution in [-0.4, -0.2) is 47.3 Å². The van der Waals surface area contributed by atoms with Crippen molar-refractivity contribution in [2.45, 2.75) is 39.7 Å². The number of ether oxygens (including phenoxy) is 1. The van der Waals surface area contributed by atoms with Gasteiger partial charge in [0.2, 0.25) is 5.82 Å². The highest BCUT2D eigenvalue weighted by molar-refractivity contribution is 6.32. The molecule has 3 aromatic heterocycles. The summed E-state index contributed by atoms with van der Waals surface area (Å²) in [6.07, 6.45) is 4.71. The number of esters is 1. The van der Waals surface area contributed by atoms with Crippen LogP contribution in [0.2, 0.25) is 5.15 Å². The van der Waals surface area contributed by atoms with Crippen LogP contribution in [0.15, 0.2) is 54.7 Å². The first kappa shape index (κ1) is 23.7. The molecule has 0 fully saturated rings. The van der Waals surface area contributed by atoms with Gasteiger partial charge in [-0.2, -0.15) is 5.21 Å².